The van der Waals surface area contributed by atoms with Crippen molar-refractivity contribution in [3.63, 3.8) is 0 Å². The standard InChI is InChI=1S/C14H17N3O/c1-9-3-4-11-5-6-13(12(11)7-9)15-8-14-16-10(2)17-18-14/h3-4,7,13,15H,5-6,8H2,1-2H3. The normalized spacial score (nSPS) is 18.0. The van der Waals surface area contributed by atoms with E-state index < -0.39 is 0 Å². The van der Waals surface area contributed by atoms with Crippen LogP contribution in [0.15, 0.2) is 22.7 Å². The van der Waals surface area contributed by atoms with Gasteiger partial charge in [-0.1, -0.05) is 28.9 Å². The zero-order chi connectivity index (χ0) is 12.5. The highest BCUT2D eigenvalue weighted by Gasteiger charge is 2.22. The number of hydrogen-bond donors (Lipinski definition) is 1. The molecule has 1 unspecified atom stereocenters. The van der Waals surface area contributed by atoms with Crippen LogP contribution in [-0.2, 0) is 13.0 Å². The first-order valence-corrected chi connectivity index (χ1v) is 6.34. The SMILES string of the molecule is Cc1ccc2c(c1)C(NCc1nc(C)no1)CC2. The predicted octanol–water partition coefficient (Wildman–Crippen LogP) is 2.46. The summed E-state index contributed by atoms with van der Waals surface area (Å²) in [6, 6.07) is 7.11. The maximum Gasteiger partial charge on any atom is 0.240 e. The number of nitrogens with one attached hydrogen (secondary N) is 1. The van der Waals surface area contributed by atoms with Gasteiger partial charge >= 0.3 is 0 Å². The Hall–Kier alpha value is -1.68. The number of aryl methyl sites for hydroxylation is 3. The molecule has 1 aliphatic carbocycles. The molecular formula is C14H17N3O. The van der Waals surface area contributed by atoms with Gasteiger partial charge in [-0.3, -0.25) is 0 Å². The van der Waals surface area contributed by atoms with Gasteiger partial charge in [0.05, 0.1) is 6.54 Å². The lowest BCUT2D eigenvalue weighted by Crippen LogP contribution is -2.18. The number of aromatic nitrogens is 2. The van der Waals surface area contributed by atoms with E-state index in [-0.39, 0.29) is 0 Å². The Labute approximate surface area is 106 Å². The molecule has 18 heavy (non-hydrogen) atoms. The van der Waals surface area contributed by atoms with E-state index in [4.69, 9.17) is 4.52 Å². The second-order valence-corrected chi connectivity index (χ2v) is 4.91. The van der Waals surface area contributed by atoms with Gasteiger partial charge in [0, 0.05) is 6.04 Å². The van der Waals surface area contributed by atoms with Crippen molar-refractivity contribution in [3.05, 3.63) is 46.6 Å². The molecule has 2 aromatic rings. The van der Waals surface area contributed by atoms with E-state index in [1.807, 2.05) is 6.92 Å². The topological polar surface area (TPSA) is 51.0 Å². The highest BCUT2D eigenvalue weighted by atomic mass is 16.5. The van der Waals surface area contributed by atoms with Gasteiger partial charge in [0.15, 0.2) is 5.82 Å². The third-order valence-corrected chi connectivity index (χ3v) is 3.45. The van der Waals surface area contributed by atoms with E-state index in [9.17, 15) is 0 Å². The van der Waals surface area contributed by atoms with Crippen LogP contribution in [-0.4, -0.2) is 10.1 Å². The quantitative estimate of drug-likeness (QED) is 0.899. The van der Waals surface area contributed by atoms with Crippen molar-refractivity contribution in [1.82, 2.24) is 15.5 Å². The fraction of sp³-hybridized carbons (Fsp3) is 0.429. The largest absolute Gasteiger partial charge is 0.338 e. The van der Waals surface area contributed by atoms with E-state index >= 15 is 0 Å². The van der Waals surface area contributed by atoms with E-state index in [1.54, 1.807) is 0 Å². The molecule has 0 radical (unpaired) electrons. The van der Waals surface area contributed by atoms with Gasteiger partial charge < -0.3 is 9.84 Å². The molecule has 0 bridgehead atoms. The molecule has 1 atom stereocenters. The number of fused-ring (bicyclic) bond motifs is 1. The van der Waals surface area contributed by atoms with Crippen LogP contribution in [0, 0.1) is 13.8 Å². The summed E-state index contributed by atoms with van der Waals surface area (Å²) in [7, 11) is 0. The average molecular weight is 243 g/mol. The van der Waals surface area contributed by atoms with Gasteiger partial charge in [-0.15, -0.1) is 0 Å². The summed E-state index contributed by atoms with van der Waals surface area (Å²) in [5, 5.41) is 7.29. The molecule has 94 valence electrons. The van der Waals surface area contributed by atoms with Gasteiger partial charge in [-0.2, -0.15) is 4.98 Å². The summed E-state index contributed by atoms with van der Waals surface area (Å²) >= 11 is 0. The van der Waals surface area contributed by atoms with E-state index in [0.717, 1.165) is 12.8 Å². The van der Waals surface area contributed by atoms with Crippen molar-refractivity contribution in [1.29, 1.82) is 0 Å². The molecule has 1 aliphatic rings. The van der Waals surface area contributed by atoms with Crippen LogP contribution in [0.2, 0.25) is 0 Å². The first kappa shape index (κ1) is 11.4. The second kappa shape index (κ2) is 4.53. The van der Waals surface area contributed by atoms with Crippen LogP contribution >= 0.6 is 0 Å². The van der Waals surface area contributed by atoms with Crippen molar-refractivity contribution in [2.75, 3.05) is 0 Å². The first-order valence-electron chi connectivity index (χ1n) is 6.34. The molecule has 0 spiro atoms. The smallest absolute Gasteiger partial charge is 0.240 e. The summed E-state index contributed by atoms with van der Waals surface area (Å²) < 4.78 is 5.11. The first-order chi connectivity index (χ1) is 8.72. The van der Waals surface area contributed by atoms with Crippen molar-refractivity contribution in [2.24, 2.45) is 0 Å². The zero-order valence-electron chi connectivity index (χ0n) is 10.7. The van der Waals surface area contributed by atoms with Gasteiger partial charge in [0.2, 0.25) is 5.89 Å². The van der Waals surface area contributed by atoms with Gasteiger partial charge in [-0.25, -0.2) is 0 Å². The zero-order valence-corrected chi connectivity index (χ0v) is 10.7. The molecule has 0 aliphatic heterocycles. The molecule has 1 N–H and O–H groups in total. The summed E-state index contributed by atoms with van der Waals surface area (Å²) in [5.41, 5.74) is 4.20. The molecule has 1 aromatic carbocycles. The number of benzene rings is 1. The van der Waals surface area contributed by atoms with Crippen molar-refractivity contribution in [2.45, 2.75) is 39.3 Å². The monoisotopic (exact) mass is 243 g/mol. The minimum absolute atomic E-state index is 0.409. The molecule has 0 fully saturated rings. The van der Waals surface area contributed by atoms with Crippen molar-refractivity contribution in [3.8, 4) is 0 Å². The Kier molecular flexibility index (Phi) is 2.88. The lowest BCUT2D eigenvalue weighted by molar-refractivity contribution is 0.354. The van der Waals surface area contributed by atoms with Crippen LogP contribution in [0.25, 0.3) is 0 Å². The minimum Gasteiger partial charge on any atom is -0.338 e. The molecule has 1 heterocycles. The summed E-state index contributed by atoms with van der Waals surface area (Å²) in [6.07, 6.45) is 2.29. The van der Waals surface area contributed by atoms with Crippen molar-refractivity contribution >= 4 is 0 Å². The highest BCUT2D eigenvalue weighted by Crippen LogP contribution is 2.31. The molecule has 4 heteroatoms. The lowest BCUT2D eigenvalue weighted by atomic mass is 10.1. The molecule has 3 rings (SSSR count). The van der Waals surface area contributed by atoms with Gasteiger partial charge in [-0.05, 0) is 37.8 Å². The van der Waals surface area contributed by atoms with Crippen LogP contribution in [0.1, 0.15) is 40.9 Å². The van der Waals surface area contributed by atoms with Crippen LogP contribution in [0.5, 0.6) is 0 Å². The summed E-state index contributed by atoms with van der Waals surface area (Å²) in [6.45, 7) is 4.61. The Balaban J connectivity index is 1.71. The molecule has 0 amide bonds. The third kappa shape index (κ3) is 2.16. The average Bonchev–Trinajstić information content (AvgIpc) is 2.93. The van der Waals surface area contributed by atoms with E-state index in [2.05, 4.69) is 40.6 Å². The molecule has 4 nitrogen and oxygen atoms in total. The fourth-order valence-electron chi connectivity index (χ4n) is 2.56. The highest BCUT2D eigenvalue weighted by molar-refractivity contribution is 5.37. The number of rotatable bonds is 3. The molecule has 0 saturated carbocycles. The molecular weight excluding hydrogens is 226 g/mol. The van der Waals surface area contributed by atoms with E-state index in [1.165, 1.54) is 16.7 Å². The van der Waals surface area contributed by atoms with E-state index in [0.29, 0.717) is 24.3 Å². The Morgan fingerprint density at radius 3 is 3.06 bits per heavy atom. The Bertz CT molecular complexity index is 562. The lowest BCUT2D eigenvalue weighted by Gasteiger charge is -2.12. The van der Waals surface area contributed by atoms with Gasteiger partial charge in [0.25, 0.3) is 0 Å². The van der Waals surface area contributed by atoms with Crippen LogP contribution < -0.4 is 5.32 Å². The van der Waals surface area contributed by atoms with Gasteiger partial charge in [0.1, 0.15) is 0 Å². The van der Waals surface area contributed by atoms with Crippen molar-refractivity contribution < 1.29 is 4.52 Å². The predicted molar refractivity (Wildman–Crippen MR) is 68.1 cm³/mol. The molecule has 1 aromatic heterocycles. The van der Waals surface area contributed by atoms with Crippen LogP contribution in [0.4, 0.5) is 0 Å². The maximum absolute atomic E-state index is 5.11. The van der Waals surface area contributed by atoms with Crippen LogP contribution in [0.3, 0.4) is 0 Å². The Morgan fingerprint density at radius 2 is 2.28 bits per heavy atom. The fourth-order valence-corrected chi connectivity index (χ4v) is 2.56. The third-order valence-electron chi connectivity index (χ3n) is 3.45. The second-order valence-electron chi connectivity index (χ2n) is 4.91. The molecule has 0 saturated heterocycles. The summed E-state index contributed by atoms with van der Waals surface area (Å²) in [5.74, 6) is 1.35. The number of nitrogens with zero attached hydrogens (tertiary/aromatic N) is 2. The summed E-state index contributed by atoms with van der Waals surface area (Å²) in [4.78, 5) is 4.20. The maximum atomic E-state index is 5.11. The Morgan fingerprint density at radius 1 is 1.39 bits per heavy atom. The minimum atomic E-state index is 0.409. The number of hydrogen-bond acceptors (Lipinski definition) is 4.